The summed E-state index contributed by atoms with van der Waals surface area (Å²) in [5.74, 6) is 1.54. The summed E-state index contributed by atoms with van der Waals surface area (Å²) in [6.45, 7) is 5.66. The van der Waals surface area contributed by atoms with Crippen LogP contribution in [0.1, 0.15) is 90.4 Å². The molecule has 1 atom stereocenters. The largest absolute Gasteiger partial charge is 0.460 e. The molecule has 0 saturated heterocycles. The molecule has 6 nitrogen and oxygen atoms in total. The Kier molecular flexibility index (Phi) is 7.40. The van der Waals surface area contributed by atoms with Crippen LogP contribution in [0.3, 0.4) is 0 Å². The minimum absolute atomic E-state index is 0.114. The number of rotatable bonds is 8. The van der Waals surface area contributed by atoms with Crippen LogP contribution in [0.15, 0.2) is 29.0 Å². The van der Waals surface area contributed by atoms with Crippen LogP contribution in [0.5, 0.6) is 0 Å². The molecule has 1 saturated carbocycles. The van der Waals surface area contributed by atoms with Gasteiger partial charge in [-0.25, -0.2) is 0 Å². The molecule has 1 aliphatic carbocycles. The van der Waals surface area contributed by atoms with E-state index in [0.29, 0.717) is 11.7 Å². The van der Waals surface area contributed by atoms with Gasteiger partial charge in [-0.1, -0.05) is 50.1 Å². The quantitative estimate of drug-likeness (QED) is 0.530. The van der Waals surface area contributed by atoms with E-state index in [1.54, 1.807) is 12.4 Å². The van der Waals surface area contributed by atoms with E-state index in [4.69, 9.17) is 9.26 Å². The lowest BCUT2D eigenvalue weighted by molar-refractivity contribution is -0.155. The molecule has 2 heterocycles. The zero-order valence-electron chi connectivity index (χ0n) is 17.9. The molecule has 0 amide bonds. The highest BCUT2D eigenvalue weighted by Gasteiger charge is 2.26. The minimum Gasteiger partial charge on any atom is -0.460 e. The molecule has 0 radical (unpaired) electrons. The fourth-order valence-corrected chi connectivity index (χ4v) is 4.05. The average molecular weight is 400 g/mol. The minimum atomic E-state index is -0.499. The van der Waals surface area contributed by atoms with Crippen LogP contribution in [0.4, 0.5) is 0 Å². The number of hydrogen-bond acceptors (Lipinski definition) is 6. The Hall–Kier alpha value is -2.24. The third-order valence-electron chi connectivity index (χ3n) is 5.45. The van der Waals surface area contributed by atoms with Gasteiger partial charge in [-0.2, -0.15) is 4.98 Å². The van der Waals surface area contributed by atoms with Crippen molar-refractivity contribution < 1.29 is 14.1 Å². The molecule has 2 aromatic heterocycles. The number of ether oxygens (including phenoxy) is 1. The second-order valence-corrected chi connectivity index (χ2v) is 9.11. The first-order valence-corrected chi connectivity index (χ1v) is 10.9. The van der Waals surface area contributed by atoms with E-state index in [0.717, 1.165) is 24.3 Å². The van der Waals surface area contributed by atoms with Gasteiger partial charge >= 0.3 is 5.97 Å². The van der Waals surface area contributed by atoms with E-state index in [1.165, 1.54) is 38.5 Å². The molecule has 1 fully saturated rings. The Balaban J connectivity index is 1.66. The van der Waals surface area contributed by atoms with Crippen molar-refractivity contribution >= 4 is 5.97 Å². The number of carbonyl (C=O) groups excluding carboxylic acids is 1. The second kappa shape index (κ2) is 9.99. The van der Waals surface area contributed by atoms with Gasteiger partial charge in [0, 0.05) is 23.9 Å². The standard InChI is InChI=1S/C23H33N3O3/c1-23(2,3)28-20(27)16-19(11-7-10-17-8-5-4-6-9-17)22-25-21(26-29-22)18-12-14-24-15-13-18/h12-15,17,19H,4-11,16H2,1-3H3/t19-/m1/s1. The van der Waals surface area contributed by atoms with E-state index >= 15 is 0 Å². The highest BCUT2D eigenvalue weighted by Crippen LogP contribution is 2.32. The van der Waals surface area contributed by atoms with Crippen LogP contribution < -0.4 is 0 Å². The van der Waals surface area contributed by atoms with Crippen molar-refractivity contribution in [2.45, 2.75) is 90.1 Å². The molecule has 3 rings (SSSR count). The maximum absolute atomic E-state index is 12.5. The Morgan fingerprint density at radius 1 is 1.21 bits per heavy atom. The van der Waals surface area contributed by atoms with Crippen LogP contribution in [0.2, 0.25) is 0 Å². The maximum Gasteiger partial charge on any atom is 0.307 e. The molecule has 0 aromatic carbocycles. The lowest BCUT2D eigenvalue weighted by Gasteiger charge is -2.23. The number of carbonyl (C=O) groups is 1. The first-order valence-electron chi connectivity index (χ1n) is 10.9. The summed E-state index contributed by atoms with van der Waals surface area (Å²) in [4.78, 5) is 21.1. The number of nitrogens with zero attached hydrogens (tertiary/aromatic N) is 3. The predicted molar refractivity (Wildman–Crippen MR) is 111 cm³/mol. The van der Waals surface area contributed by atoms with Gasteiger partial charge in [-0.3, -0.25) is 9.78 Å². The van der Waals surface area contributed by atoms with Gasteiger partial charge < -0.3 is 9.26 Å². The van der Waals surface area contributed by atoms with Crippen molar-refractivity contribution in [3.05, 3.63) is 30.4 Å². The van der Waals surface area contributed by atoms with E-state index in [9.17, 15) is 4.79 Å². The van der Waals surface area contributed by atoms with Crippen molar-refractivity contribution in [3.8, 4) is 11.4 Å². The van der Waals surface area contributed by atoms with Crippen LogP contribution in [-0.4, -0.2) is 26.7 Å². The molecule has 1 aliphatic rings. The maximum atomic E-state index is 12.5. The van der Waals surface area contributed by atoms with E-state index in [-0.39, 0.29) is 18.3 Å². The molecule has 29 heavy (non-hydrogen) atoms. The van der Waals surface area contributed by atoms with Crippen LogP contribution in [-0.2, 0) is 9.53 Å². The third-order valence-corrected chi connectivity index (χ3v) is 5.45. The molecule has 158 valence electrons. The molecule has 0 bridgehead atoms. The molecule has 0 spiro atoms. The SMILES string of the molecule is CC(C)(C)OC(=O)C[C@@H](CCCC1CCCCC1)c1nc(-c2ccncc2)no1. The van der Waals surface area contributed by atoms with Gasteiger partial charge in [0.15, 0.2) is 0 Å². The van der Waals surface area contributed by atoms with Crippen molar-refractivity contribution in [3.63, 3.8) is 0 Å². The monoisotopic (exact) mass is 399 g/mol. The predicted octanol–water partition coefficient (Wildman–Crippen LogP) is 5.70. The Bertz CT molecular complexity index is 761. The molecular weight excluding hydrogens is 366 g/mol. The second-order valence-electron chi connectivity index (χ2n) is 9.11. The van der Waals surface area contributed by atoms with Crippen LogP contribution in [0.25, 0.3) is 11.4 Å². The Morgan fingerprint density at radius 3 is 2.62 bits per heavy atom. The fourth-order valence-electron chi connectivity index (χ4n) is 4.05. The molecular formula is C23H33N3O3. The summed E-state index contributed by atoms with van der Waals surface area (Å²) in [5, 5.41) is 4.12. The molecule has 0 aliphatic heterocycles. The van der Waals surface area contributed by atoms with Crippen molar-refractivity contribution in [1.29, 1.82) is 0 Å². The normalized spacial score (nSPS) is 16.5. The lowest BCUT2D eigenvalue weighted by Crippen LogP contribution is -2.25. The number of hydrogen-bond donors (Lipinski definition) is 0. The van der Waals surface area contributed by atoms with Gasteiger partial charge in [0.25, 0.3) is 0 Å². The number of esters is 1. The van der Waals surface area contributed by atoms with Crippen LogP contribution in [0, 0.1) is 5.92 Å². The van der Waals surface area contributed by atoms with Gasteiger partial charge in [0.05, 0.1) is 6.42 Å². The van der Waals surface area contributed by atoms with Crippen molar-refractivity contribution in [1.82, 2.24) is 15.1 Å². The molecule has 0 unspecified atom stereocenters. The lowest BCUT2D eigenvalue weighted by atomic mass is 9.84. The summed E-state index contributed by atoms with van der Waals surface area (Å²) >= 11 is 0. The Labute approximate surface area is 173 Å². The summed E-state index contributed by atoms with van der Waals surface area (Å²) in [7, 11) is 0. The molecule has 2 aromatic rings. The van der Waals surface area contributed by atoms with Gasteiger partial charge in [-0.05, 0) is 45.2 Å². The van der Waals surface area contributed by atoms with E-state index in [1.807, 2.05) is 32.9 Å². The zero-order chi connectivity index (χ0) is 20.7. The average Bonchev–Trinajstić information content (AvgIpc) is 3.17. The van der Waals surface area contributed by atoms with E-state index in [2.05, 4.69) is 15.1 Å². The number of aromatic nitrogens is 3. The topological polar surface area (TPSA) is 78.1 Å². The summed E-state index contributed by atoms with van der Waals surface area (Å²) in [5.41, 5.74) is 0.356. The molecule has 0 N–H and O–H groups in total. The zero-order valence-corrected chi connectivity index (χ0v) is 17.9. The van der Waals surface area contributed by atoms with Crippen molar-refractivity contribution in [2.24, 2.45) is 5.92 Å². The van der Waals surface area contributed by atoms with Crippen molar-refractivity contribution in [2.75, 3.05) is 0 Å². The fraction of sp³-hybridized carbons (Fsp3) is 0.652. The Morgan fingerprint density at radius 2 is 1.93 bits per heavy atom. The van der Waals surface area contributed by atoms with Gasteiger partial charge in [0.1, 0.15) is 5.60 Å². The van der Waals surface area contributed by atoms with Crippen LogP contribution >= 0.6 is 0 Å². The number of pyridine rings is 1. The van der Waals surface area contributed by atoms with Gasteiger partial charge in [-0.15, -0.1) is 0 Å². The third kappa shape index (κ3) is 6.94. The summed E-state index contributed by atoms with van der Waals surface area (Å²) in [6, 6.07) is 3.70. The first kappa shape index (κ1) is 21.5. The van der Waals surface area contributed by atoms with E-state index < -0.39 is 5.60 Å². The summed E-state index contributed by atoms with van der Waals surface area (Å²) in [6.07, 6.45) is 13.5. The van der Waals surface area contributed by atoms with Gasteiger partial charge in [0.2, 0.25) is 11.7 Å². The molecule has 6 heteroatoms. The summed E-state index contributed by atoms with van der Waals surface area (Å²) < 4.78 is 11.1. The highest BCUT2D eigenvalue weighted by atomic mass is 16.6. The highest BCUT2D eigenvalue weighted by molar-refractivity contribution is 5.70. The smallest absolute Gasteiger partial charge is 0.307 e. The first-order chi connectivity index (χ1) is 13.9.